The summed E-state index contributed by atoms with van der Waals surface area (Å²) in [6.07, 6.45) is -1.73. The van der Waals surface area contributed by atoms with Crippen LogP contribution >= 0.6 is 0 Å². The van der Waals surface area contributed by atoms with E-state index in [0.717, 1.165) is 12.1 Å². The van der Waals surface area contributed by atoms with Gasteiger partial charge in [-0.1, -0.05) is 6.07 Å². The third-order valence-corrected chi connectivity index (χ3v) is 5.73. The van der Waals surface area contributed by atoms with E-state index in [1.165, 1.54) is 24.7 Å². The molecule has 0 atom stereocenters. The average Bonchev–Trinajstić information content (AvgIpc) is 3.16. The van der Waals surface area contributed by atoms with Crippen molar-refractivity contribution in [2.45, 2.75) is 45.5 Å². The number of aromatic nitrogens is 3. The van der Waals surface area contributed by atoms with Gasteiger partial charge in [-0.3, -0.25) is 4.79 Å². The normalized spacial score (nSPS) is 12.0. The number of nitrogens with zero attached hydrogens (tertiary/aromatic N) is 3. The number of halogens is 3. The lowest BCUT2D eigenvalue weighted by Crippen LogP contribution is -2.33. The van der Waals surface area contributed by atoms with Crippen LogP contribution in [-0.4, -0.2) is 42.8 Å². The van der Waals surface area contributed by atoms with Gasteiger partial charge in [0, 0.05) is 25.0 Å². The molecule has 4 aromatic rings. The zero-order chi connectivity index (χ0) is 28.4. The van der Waals surface area contributed by atoms with Gasteiger partial charge in [-0.2, -0.15) is 13.2 Å². The number of aromatic hydroxyl groups is 1. The highest BCUT2D eigenvalue weighted by atomic mass is 19.4. The topological polar surface area (TPSA) is 122 Å². The van der Waals surface area contributed by atoms with Gasteiger partial charge < -0.3 is 30.2 Å². The molecule has 0 saturated heterocycles. The van der Waals surface area contributed by atoms with Crippen LogP contribution in [0.1, 0.15) is 31.4 Å². The first-order valence-electron chi connectivity index (χ1n) is 12.0. The van der Waals surface area contributed by atoms with E-state index in [1.54, 1.807) is 43.5 Å². The van der Waals surface area contributed by atoms with Gasteiger partial charge in [0.05, 0.1) is 17.6 Å². The number of hydrogen-bond donors (Lipinski definition) is 4. The van der Waals surface area contributed by atoms with E-state index in [-0.39, 0.29) is 30.4 Å². The van der Waals surface area contributed by atoms with Crippen LogP contribution in [0.5, 0.6) is 17.2 Å². The maximum Gasteiger partial charge on any atom is 0.416 e. The molecule has 0 fully saturated rings. The first-order chi connectivity index (χ1) is 18.3. The number of alkyl halides is 3. The molecular weight excluding hydrogens is 515 g/mol. The third-order valence-electron chi connectivity index (χ3n) is 5.73. The van der Waals surface area contributed by atoms with Gasteiger partial charge in [0.25, 0.3) is 0 Å². The minimum Gasteiger partial charge on any atom is -0.504 e. The van der Waals surface area contributed by atoms with Crippen molar-refractivity contribution in [2.75, 3.05) is 11.9 Å². The standard InChI is InChI=1S/C27H28F3N5O4/c1-16-11-18(7-8-21(16)39-19-6-4-5-17(12-19)27(28,29)30)34-25-24-23(32-15-33-25)20(36)14-35(24)10-9-31-22(37)13-26(2,3)38/h4-8,11-12,14-15,36,38H,9-10,13H2,1-3H3,(H,31,37)(H,32,33,34). The fourth-order valence-electron chi connectivity index (χ4n) is 3.99. The van der Waals surface area contributed by atoms with Crippen molar-refractivity contribution in [3.63, 3.8) is 0 Å². The molecule has 0 saturated carbocycles. The SMILES string of the molecule is Cc1cc(Nc2ncnc3c(O)cn(CCNC(=O)CC(C)(C)O)c23)ccc1Oc1cccc(C(F)(F)F)c1. The number of aryl methyl sites for hydroxylation is 1. The molecule has 4 rings (SSSR count). The number of fused-ring (bicyclic) bond motifs is 1. The van der Waals surface area contributed by atoms with Crippen molar-refractivity contribution < 1.29 is 32.9 Å². The lowest BCUT2D eigenvalue weighted by molar-refractivity contribution is -0.137. The summed E-state index contributed by atoms with van der Waals surface area (Å²) in [6, 6.07) is 9.72. The third kappa shape index (κ3) is 6.96. The number of rotatable bonds is 9. The van der Waals surface area contributed by atoms with Gasteiger partial charge in [-0.25, -0.2) is 9.97 Å². The molecule has 2 aromatic heterocycles. The van der Waals surface area contributed by atoms with Gasteiger partial charge >= 0.3 is 6.18 Å². The molecular formula is C27H28F3N5O4. The number of nitrogens with one attached hydrogen (secondary N) is 2. The van der Waals surface area contributed by atoms with Crippen LogP contribution < -0.4 is 15.4 Å². The summed E-state index contributed by atoms with van der Waals surface area (Å²) in [5.41, 5.74) is 0.182. The van der Waals surface area contributed by atoms with E-state index in [1.807, 2.05) is 0 Å². The van der Waals surface area contributed by atoms with E-state index in [9.17, 15) is 28.2 Å². The molecule has 0 bridgehead atoms. The Morgan fingerprint density at radius 3 is 2.59 bits per heavy atom. The van der Waals surface area contributed by atoms with Crippen molar-refractivity contribution in [3.05, 3.63) is 66.1 Å². The molecule has 39 heavy (non-hydrogen) atoms. The zero-order valence-corrected chi connectivity index (χ0v) is 21.5. The minimum atomic E-state index is -4.47. The highest BCUT2D eigenvalue weighted by molar-refractivity contribution is 5.92. The van der Waals surface area contributed by atoms with E-state index in [2.05, 4.69) is 20.6 Å². The molecule has 0 radical (unpaired) electrons. The molecule has 0 spiro atoms. The van der Waals surface area contributed by atoms with E-state index in [4.69, 9.17) is 4.74 Å². The number of ether oxygens (including phenoxy) is 1. The second kappa shape index (κ2) is 10.8. The number of hydrogen-bond acceptors (Lipinski definition) is 7. The van der Waals surface area contributed by atoms with E-state index >= 15 is 0 Å². The summed E-state index contributed by atoms with van der Waals surface area (Å²) in [7, 11) is 0. The molecule has 1 amide bonds. The zero-order valence-electron chi connectivity index (χ0n) is 21.5. The lowest BCUT2D eigenvalue weighted by Gasteiger charge is -2.16. The van der Waals surface area contributed by atoms with Crippen molar-refractivity contribution in [1.29, 1.82) is 0 Å². The number of carbonyl (C=O) groups excluding carboxylic acids is 1. The van der Waals surface area contributed by atoms with Gasteiger partial charge in [0.2, 0.25) is 5.91 Å². The predicted octanol–water partition coefficient (Wildman–Crippen LogP) is 5.28. The molecule has 12 heteroatoms. The second-order valence-electron chi connectivity index (χ2n) is 9.70. The van der Waals surface area contributed by atoms with Crippen molar-refractivity contribution in [3.8, 4) is 17.2 Å². The van der Waals surface area contributed by atoms with E-state index in [0.29, 0.717) is 40.4 Å². The highest BCUT2D eigenvalue weighted by Gasteiger charge is 2.30. The van der Waals surface area contributed by atoms with Crippen LogP contribution in [0.4, 0.5) is 24.7 Å². The summed E-state index contributed by atoms with van der Waals surface area (Å²) in [4.78, 5) is 20.5. The quantitative estimate of drug-likeness (QED) is 0.227. The summed E-state index contributed by atoms with van der Waals surface area (Å²) in [5, 5.41) is 26.1. The summed E-state index contributed by atoms with van der Waals surface area (Å²) in [6.45, 7) is 5.40. The van der Waals surface area contributed by atoms with Crippen LogP contribution in [-0.2, 0) is 17.5 Å². The molecule has 2 heterocycles. The molecule has 2 aromatic carbocycles. The monoisotopic (exact) mass is 543 g/mol. The minimum absolute atomic E-state index is 0.0482. The van der Waals surface area contributed by atoms with Crippen LogP contribution in [0.25, 0.3) is 11.0 Å². The lowest BCUT2D eigenvalue weighted by atomic mass is 10.1. The number of aliphatic hydroxyl groups is 1. The molecule has 206 valence electrons. The van der Waals surface area contributed by atoms with Gasteiger partial charge in [-0.05, 0) is 62.7 Å². The van der Waals surface area contributed by atoms with Crippen molar-refractivity contribution in [1.82, 2.24) is 19.9 Å². The van der Waals surface area contributed by atoms with Gasteiger partial charge in [-0.15, -0.1) is 0 Å². The Bertz CT molecular complexity index is 1500. The molecule has 4 N–H and O–H groups in total. The molecule has 0 aliphatic rings. The fraction of sp³-hybridized carbons (Fsp3) is 0.296. The summed E-state index contributed by atoms with van der Waals surface area (Å²) >= 11 is 0. The fourth-order valence-corrected chi connectivity index (χ4v) is 3.99. The van der Waals surface area contributed by atoms with Gasteiger partial charge in [0.15, 0.2) is 11.6 Å². The smallest absolute Gasteiger partial charge is 0.416 e. The largest absolute Gasteiger partial charge is 0.504 e. The Morgan fingerprint density at radius 1 is 1.13 bits per heavy atom. The maximum atomic E-state index is 13.0. The molecule has 0 unspecified atom stereocenters. The predicted molar refractivity (Wildman–Crippen MR) is 139 cm³/mol. The van der Waals surface area contributed by atoms with E-state index < -0.39 is 17.3 Å². The number of amides is 1. The molecule has 0 aliphatic carbocycles. The Morgan fingerprint density at radius 2 is 1.90 bits per heavy atom. The molecule has 0 aliphatic heterocycles. The number of carbonyl (C=O) groups is 1. The number of benzene rings is 2. The molecule has 9 nitrogen and oxygen atoms in total. The maximum absolute atomic E-state index is 13.0. The van der Waals surface area contributed by atoms with Gasteiger partial charge in [0.1, 0.15) is 28.9 Å². The number of anilines is 2. The average molecular weight is 544 g/mol. The van der Waals surface area contributed by atoms with Crippen molar-refractivity contribution >= 4 is 28.4 Å². The Hall–Kier alpha value is -4.32. The van der Waals surface area contributed by atoms with Crippen LogP contribution in [0.3, 0.4) is 0 Å². The highest BCUT2D eigenvalue weighted by Crippen LogP contribution is 2.35. The Kier molecular flexibility index (Phi) is 7.68. The first kappa shape index (κ1) is 27.7. The van der Waals surface area contributed by atoms with Crippen LogP contribution in [0.15, 0.2) is 55.0 Å². The second-order valence-corrected chi connectivity index (χ2v) is 9.70. The van der Waals surface area contributed by atoms with Crippen LogP contribution in [0, 0.1) is 6.92 Å². The Labute approximate surface area is 222 Å². The summed E-state index contributed by atoms with van der Waals surface area (Å²) < 4.78 is 46.5. The van der Waals surface area contributed by atoms with Crippen molar-refractivity contribution in [2.24, 2.45) is 0 Å². The van der Waals surface area contributed by atoms with Crippen LogP contribution in [0.2, 0.25) is 0 Å². The summed E-state index contributed by atoms with van der Waals surface area (Å²) in [5.74, 6) is 0.485. The first-order valence-corrected chi connectivity index (χ1v) is 12.0. The Balaban J connectivity index is 1.51.